The molecule has 1 fully saturated rings. The van der Waals surface area contributed by atoms with Crippen LogP contribution in [-0.2, 0) is 6.42 Å². The minimum Gasteiger partial charge on any atom is -0.474 e. The molecule has 0 bridgehead atoms. The van der Waals surface area contributed by atoms with E-state index in [0.717, 1.165) is 44.1 Å². The first-order valence-electron chi connectivity index (χ1n) is 7.12. The fourth-order valence-electron chi connectivity index (χ4n) is 2.36. The predicted octanol–water partition coefficient (Wildman–Crippen LogP) is 2.68. The first kappa shape index (κ1) is 13.0. The lowest BCUT2D eigenvalue weighted by Gasteiger charge is -2.30. The van der Waals surface area contributed by atoms with Crippen molar-refractivity contribution in [1.29, 1.82) is 0 Å². The van der Waals surface area contributed by atoms with Crippen molar-refractivity contribution in [2.24, 2.45) is 0 Å². The van der Waals surface area contributed by atoms with Crippen LogP contribution in [0.15, 0.2) is 35.1 Å². The Hall–Kier alpha value is -2.04. The number of hydrogen-bond acceptors (Lipinski definition) is 5. The average Bonchev–Trinajstić information content (AvgIpc) is 2.98. The average molecular weight is 273 g/mol. The smallest absolute Gasteiger partial charge is 0.297 e. The topological polar surface area (TPSA) is 51.4 Å². The highest BCUT2D eigenvalue weighted by molar-refractivity contribution is 5.28. The molecule has 0 N–H and O–H groups in total. The van der Waals surface area contributed by atoms with E-state index in [1.165, 1.54) is 0 Å². The van der Waals surface area contributed by atoms with E-state index in [4.69, 9.17) is 9.15 Å². The van der Waals surface area contributed by atoms with Crippen molar-refractivity contribution in [3.05, 3.63) is 36.4 Å². The first-order valence-corrected chi connectivity index (χ1v) is 7.12. The van der Waals surface area contributed by atoms with E-state index >= 15 is 0 Å². The molecule has 2 aromatic rings. The van der Waals surface area contributed by atoms with Crippen molar-refractivity contribution in [3.8, 4) is 5.88 Å². The fraction of sp³-hybridized carbons (Fsp3) is 0.467. The Balaban J connectivity index is 1.54. The molecule has 3 heterocycles. The van der Waals surface area contributed by atoms with E-state index in [0.29, 0.717) is 5.88 Å². The second-order valence-electron chi connectivity index (χ2n) is 4.95. The number of rotatable bonds is 4. The molecule has 3 rings (SSSR count). The number of aryl methyl sites for hydroxylation is 1. The van der Waals surface area contributed by atoms with E-state index in [2.05, 4.69) is 21.8 Å². The molecule has 1 aliphatic heterocycles. The highest BCUT2D eigenvalue weighted by Gasteiger charge is 2.23. The lowest BCUT2D eigenvalue weighted by atomic mass is 10.1. The molecule has 20 heavy (non-hydrogen) atoms. The second kappa shape index (κ2) is 5.94. The number of nitrogens with zero attached hydrogens (tertiary/aromatic N) is 3. The summed E-state index contributed by atoms with van der Waals surface area (Å²) in [7, 11) is 0. The highest BCUT2D eigenvalue weighted by atomic mass is 16.5. The molecule has 0 atom stereocenters. The van der Waals surface area contributed by atoms with Crippen LogP contribution in [-0.4, -0.2) is 29.2 Å². The van der Waals surface area contributed by atoms with Gasteiger partial charge in [0, 0.05) is 38.2 Å². The SMILES string of the molecule is CCc1coc(N2CCC(Oc3ccccn3)CC2)n1. The van der Waals surface area contributed by atoms with Crippen molar-refractivity contribution in [2.45, 2.75) is 32.3 Å². The van der Waals surface area contributed by atoms with Gasteiger partial charge in [-0.15, -0.1) is 0 Å². The lowest BCUT2D eigenvalue weighted by molar-refractivity contribution is 0.162. The van der Waals surface area contributed by atoms with Crippen molar-refractivity contribution >= 4 is 6.01 Å². The highest BCUT2D eigenvalue weighted by Crippen LogP contribution is 2.22. The molecule has 0 spiro atoms. The quantitative estimate of drug-likeness (QED) is 0.857. The zero-order valence-corrected chi connectivity index (χ0v) is 11.7. The van der Waals surface area contributed by atoms with Crippen LogP contribution in [0.2, 0.25) is 0 Å². The third-order valence-electron chi connectivity index (χ3n) is 3.54. The monoisotopic (exact) mass is 273 g/mol. The Morgan fingerprint density at radius 2 is 2.20 bits per heavy atom. The molecule has 0 amide bonds. The Bertz CT molecular complexity index is 533. The molecule has 1 saturated heterocycles. The second-order valence-corrected chi connectivity index (χ2v) is 4.95. The zero-order chi connectivity index (χ0) is 13.8. The third-order valence-corrected chi connectivity index (χ3v) is 3.54. The van der Waals surface area contributed by atoms with Crippen molar-refractivity contribution < 1.29 is 9.15 Å². The number of pyridine rings is 1. The van der Waals surface area contributed by atoms with Crippen LogP contribution in [0.4, 0.5) is 6.01 Å². The Labute approximate surface area is 118 Å². The summed E-state index contributed by atoms with van der Waals surface area (Å²) in [5.74, 6) is 0.704. The van der Waals surface area contributed by atoms with Gasteiger partial charge in [0.15, 0.2) is 0 Å². The maximum absolute atomic E-state index is 5.88. The van der Waals surface area contributed by atoms with Gasteiger partial charge in [-0.1, -0.05) is 13.0 Å². The van der Waals surface area contributed by atoms with Crippen LogP contribution in [0.25, 0.3) is 0 Å². The first-order chi connectivity index (χ1) is 9.85. The van der Waals surface area contributed by atoms with E-state index in [-0.39, 0.29) is 6.10 Å². The molecule has 2 aromatic heterocycles. The van der Waals surface area contributed by atoms with Crippen molar-refractivity contribution in [1.82, 2.24) is 9.97 Å². The van der Waals surface area contributed by atoms with Crippen LogP contribution < -0.4 is 9.64 Å². The summed E-state index contributed by atoms with van der Waals surface area (Å²) >= 11 is 0. The maximum Gasteiger partial charge on any atom is 0.297 e. The molecule has 0 radical (unpaired) electrons. The Morgan fingerprint density at radius 3 is 2.85 bits per heavy atom. The number of ether oxygens (including phenoxy) is 1. The molecule has 5 nitrogen and oxygen atoms in total. The minimum atomic E-state index is 0.224. The molecule has 106 valence electrons. The fourth-order valence-corrected chi connectivity index (χ4v) is 2.36. The van der Waals surface area contributed by atoms with Crippen LogP contribution in [0.3, 0.4) is 0 Å². The normalized spacial score (nSPS) is 16.4. The van der Waals surface area contributed by atoms with Gasteiger partial charge in [-0.05, 0) is 12.5 Å². The summed E-state index contributed by atoms with van der Waals surface area (Å²) in [6.45, 7) is 3.89. The minimum absolute atomic E-state index is 0.224. The molecule has 0 aliphatic carbocycles. The lowest BCUT2D eigenvalue weighted by Crippen LogP contribution is -2.38. The van der Waals surface area contributed by atoms with Gasteiger partial charge >= 0.3 is 0 Å². The summed E-state index contributed by atoms with van der Waals surface area (Å²) in [5, 5.41) is 0. The Morgan fingerprint density at radius 1 is 1.35 bits per heavy atom. The maximum atomic E-state index is 5.88. The van der Waals surface area contributed by atoms with Crippen molar-refractivity contribution in [3.63, 3.8) is 0 Å². The molecule has 0 aromatic carbocycles. The Kier molecular flexibility index (Phi) is 3.85. The zero-order valence-electron chi connectivity index (χ0n) is 11.7. The largest absolute Gasteiger partial charge is 0.474 e. The van der Waals surface area contributed by atoms with Gasteiger partial charge < -0.3 is 14.1 Å². The van der Waals surface area contributed by atoms with Gasteiger partial charge in [0.05, 0.1) is 5.69 Å². The van der Waals surface area contributed by atoms with Crippen LogP contribution in [0.5, 0.6) is 5.88 Å². The van der Waals surface area contributed by atoms with E-state index in [9.17, 15) is 0 Å². The number of hydrogen-bond donors (Lipinski definition) is 0. The summed E-state index contributed by atoms with van der Waals surface area (Å²) in [6, 6.07) is 6.46. The summed E-state index contributed by atoms with van der Waals surface area (Å²) in [6.07, 6.45) is 6.54. The summed E-state index contributed by atoms with van der Waals surface area (Å²) in [5.41, 5.74) is 1.01. The summed E-state index contributed by atoms with van der Waals surface area (Å²) < 4.78 is 11.4. The number of piperidine rings is 1. The molecule has 5 heteroatoms. The van der Waals surface area contributed by atoms with Gasteiger partial charge in [0.2, 0.25) is 5.88 Å². The molecular formula is C15H19N3O2. The predicted molar refractivity (Wildman–Crippen MR) is 76.0 cm³/mol. The van der Waals surface area contributed by atoms with Crippen LogP contribution in [0.1, 0.15) is 25.5 Å². The number of anilines is 1. The van der Waals surface area contributed by atoms with Gasteiger partial charge in [0.25, 0.3) is 6.01 Å². The standard InChI is InChI=1S/C15H19N3O2/c1-2-12-11-19-15(17-12)18-9-6-13(7-10-18)20-14-5-3-4-8-16-14/h3-5,8,11,13H,2,6-7,9-10H2,1H3. The van der Waals surface area contributed by atoms with E-state index in [1.54, 1.807) is 12.5 Å². The van der Waals surface area contributed by atoms with E-state index in [1.807, 2.05) is 18.2 Å². The van der Waals surface area contributed by atoms with Crippen LogP contribution in [0, 0.1) is 0 Å². The van der Waals surface area contributed by atoms with Crippen LogP contribution >= 0.6 is 0 Å². The number of aromatic nitrogens is 2. The van der Waals surface area contributed by atoms with Gasteiger partial charge in [0.1, 0.15) is 12.4 Å². The third kappa shape index (κ3) is 2.92. The molecular weight excluding hydrogens is 254 g/mol. The van der Waals surface area contributed by atoms with Gasteiger partial charge in [-0.25, -0.2) is 4.98 Å². The van der Waals surface area contributed by atoms with Gasteiger partial charge in [-0.2, -0.15) is 4.98 Å². The number of oxazole rings is 1. The molecule has 1 aliphatic rings. The molecule has 0 unspecified atom stereocenters. The van der Waals surface area contributed by atoms with Crippen molar-refractivity contribution in [2.75, 3.05) is 18.0 Å². The molecule has 0 saturated carbocycles. The van der Waals surface area contributed by atoms with Gasteiger partial charge in [-0.3, -0.25) is 0 Å². The van der Waals surface area contributed by atoms with E-state index < -0.39 is 0 Å². The summed E-state index contributed by atoms with van der Waals surface area (Å²) in [4.78, 5) is 10.8.